The monoisotopic (exact) mass is 281 g/mol. The number of anilines is 1. The summed E-state index contributed by atoms with van der Waals surface area (Å²) in [5, 5.41) is 3.59. The van der Waals surface area contributed by atoms with Crippen molar-refractivity contribution in [2.45, 2.75) is 32.7 Å². The van der Waals surface area contributed by atoms with E-state index in [1.54, 1.807) is 0 Å². The molecule has 1 saturated heterocycles. The van der Waals surface area contributed by atoms with E-state index in [1.807, 2.05) is 37.7 Å². The van der Waals surface area contributed by atoms with Gasteiger partial charge in [0.05, 0.1) is 13.2 Å². The highest BCUT2D eigenvalue weighted by Crippen LogP contribution is 2.31. The maximum atomic E-state index is 5.65. The summed E-state index contributed by atoms with van der Waals surface area (Å²) in [4.78, 5) is 0. The van der Waals surface area contributed by atoms with E-state index < -0.39 is 0 Å². The van der Waals surface area contributed by atoms with Crippen LogP contribution in [0.2, 0.25) is 0 Å². The van der Waals surface area contributed by atoms with E-state index >= 15 is 0 Å². The average Bonchev–Trinajstić information content (AvgIpc) is 2.43. The van der Waals surface area contributed by atoms with E-state index in [4.69, 9.17) is 9.47 Å². The molecule has 1 aromatic rings. The molecule has 1 N–H and O–H groups in total. The van der Waals surface area contributed by atoms with E-state index in [9.17, 15) is 0 Å². The first-order valence-electron chi connectivity index (χ1n) is 7.07. The molecule has 0 radical (unpaired) electrons. The summed E-state index contributed by atoms with van der Waals surface area (Å²) in [5.41, 5.74) is 1.12. The molecule has 0 spiro atoms. The Kier molecular flexibility index (Phi) is 5.70. The van der Waals surface area contributed by atoms with Crippen molar-refractivity contribution in [2.75, 3.05) is 30.0 Å². The lowest BCUT2D eigenvalue weighted by Crippen LogP contribution is -2.25. The first-order chi connectivity index (χ1) is 9.33. The fourth-order valence-corrected chi connectivity index (χ4v) is 3.30. The average molecular weight is 281 g/mol. The van der Waals surface area contributed by atoms with Gasteiger partial charge in [0.15, 0.2) is 11.5 Å². The molecule has 106 valence electrons. The van der Waals surface area contributed by atoms with Crippen molar-refractivity contribution < 1.29 is 9.47 Å². The van der Waals surface area contributed by atoms with Crippen LogP contribution in [0.3, 0.4) is 0 Å². The number of thioether (sulfide) groups is 1. The zero-order chi connectivity index (χ0) is 13.5. The lowest BCUT2D eigenvalue weighted by Gasteiger charge is -2.24. The number of nitrogens with one attached hydrogen (secondary N) is 1. The number of hydrogen-bond donors (Lipinski definition) is 1. The van der Waals surface area contributed by atoms with Gasteiger partial charge in [-0.1, -0.05) is 0 Å². The second kappa shape index (κ2) is 7.53. The van der Waals surface area contributed by atoms with Gasteiger partial charge in [0, 0.05) is 23.5 Å². The summed E-state index contributed by atoms with van der Waals surface area (Å²) in [7, 11) is 0. The van der Waals surface area contributed by atoms with Crippen molar-refractivity contribution in [3.05, 3.63) is 18.2 Å². The van der Waals surface area contributed by atoms with Gasteiger partial charge in [0.25, 0.3) is 0 Å². The molecule has 1 atom stereocenters. The molecule has 1 aliphatic heterocycles. The van der Waals surface area contributed by atoms with Gasteiger partial charge >= 0.3 is 0 Å². The van der Waals surface area contributed by atoms with Crippen LogP contribution in [-0.4, -0.2) is 30.8 Å². The van der Waals surface area contributed by atoms with Gasteiger partial charge in [-0.25, -0.2) is 0 Å². The Morgan fingerprint density at radius 2 is 2.00 bits per heavy atom. The summed E-state index contributed by atoms with van der Waals surface area (Å²) in [5.74, 6) is 4.15. The number of benzene rings is 1. The third-order valence-corrected chi connectivity index (χ3v) is 4.29. The molecule has 0 bridgehead atoms. The van der Waals surface area contributed by atoms with Crippen molar-refractivity contribution >= 4 is 17.4 Å². The second-order valence-electron chi connectivity index (χ2n) is 4.59. The molecular formula is C15H23NO2S. The Hall–Kier alpha value is -1.03. The first kappa shape index (κ1) is 14.4. The third kappa shape index (κ3) is 4.23. The standard InChI is InChI=1S/C15H23NO2S/c1-3-17-14-8-7-12(10-15(14)18-4-2)16-13-6-5-9-19-11-13/h7-8,10,13,16H,3-6,9,11H2,1-2H3. The van der Waals surface area contributed by atoms with E-state index in [0.29, 0.717) is 19.3 Å². The van der Waals surface area contributed by atoms with Crippen LogP contribution in [0.25, 0.3) is 0 Å². The van der Waals surface area contributed by atoms with Crippen LogP contribution < -0.4 is 14.8 Å². The van der Waals surface area contributed by atoms with E-state index in [-0.39, 0.29) is 0 Å². The maximum absolute atomic E-state index is 5.65. The molecule has 1 unspecified atom stereocenters. The summed E-state index contributed by atoms with van der Waals surface area (Å²) in [6.45, 7) is 5.30. The SMILES string of the molecule is CCOc1ccc(NC2CCCSC2)cc1OCC. The highest BCUT2D eigenvalue weighted by atomic mass is 32.2. The van der Waals surface area contributed by atoms with Crippen LogP contribution in [0.1, 0.15) is 26.7 Å². The van der Waals surface area contributed by atoms with Gasteiger partial charge < -0.3 is 14.8 Å². The fraction of sp³-hybridized carbons (Fsp3) is 0.600. The van der Waals surface area contributed by atoms with Gasteiger partial charge in [0.2, 0.25) is 0 Å². The van der Waals surface area contributed by atoms with Crippen LogP contribution in [0.15, 0.2) is 18.2 Å². The van der Waals surface area contributed by atoms with Gasteiger partial charge in [-0.15, -0.1) is 0 Å². The maximum Gasteiger partial charge on any atom is 0.163 e. The zero-order valence-corrected chi connectivity index (χ0v) is 12.6. The van der Waals surface area contributed by atoms with Gasteiger partial charge in [0.1, 0.15) is 0 Å². The molecule has 1 fully saturated rings. The predicted octanol–water partition coefficient (Wildman–Crippen LogP) is 3.79. The third-order valence-electron chi connectivity index (χ3n) is 3.07. The van der Waals surface area contributed by atoms with Gasteiger partial charge in [-0.2, -0.15) is 11.8 Å². The Bertz CT molecular complexity index is 392. The number of rotatable bonds is 6. The minimum Gasteiger partial charge on any atom is -0.490 e. The highest BCUT2D eigenvalue weighted by Gasteiger charge is 2.14. The fourth-order valence-electron chi connectivity index (χ4n) is 2.23. The Labute approximate surface area is 120 Å². The number of hydrogen-bond acceptors (Lipinski definition) is 4. The van der Waals surface area contributed by atoms with Crippen LogP contribution in [-0.2, 0) is 0 Å². The molecule has 1 aromatic carbocycles. The summed E-state index contributed by atoms with van der Waals surface area (Å²) < 4.78 is 11.2. The minimum atomic E-state index is 0.575. The molecule has 1 aliphatic rings. The van der Waals surface area contributed by atoms with Gasteiger partial charge in [-0.3, -0.25) is 0 Å². The second-order valence-corrected chi connectivity index (χ2v) is 5.74. The van der Waals surface area contributed by atoms with Crippen LogP contribution in [0.4, 0.5) is 5.69 Å². The summed E-state index contributed by atoms with van der Waals surface area (Å²) in [6, 6.07) is 6.69. The van der Waals surface area contributed by atoms with Crippen molar-refractivity contribution in [1.29, 1.82) is 0 Å². The quantitative estimate of drug-likeness (QED) is 0.859. The highest BCUT2D eigenvalue weighted by molar-refractivity contribution is 7.99. The Morgan fingerprint density at radius 3 is 2.68 bits per heavy atom. The number of ether oxygens (including phenoxy) is 2. The van der Waals surface area contributed by atoms with Crippen LogP contribution >= 0.6 is 11.8 Å². The van der Waals surface area contributed by atoms with Crippen LogP contribution in [0.5, 0.6) is 11.5 Å². The molecule has 0 aromatic heterocycles. The summed E-state index contributed by atoms with van der Waals surface area (Å²) in [6.07, 6.45) is 2.56. The lowest BCUT2D eigenvalue weighted by molar-refractivity contribution is 0.288. The van der Waals surface area contributed by atoms with E-state index in [0.717, 1.165) is 17.2 Å². The topological polar surface area (TPSA) is 30.5 Å². The lowest BCUT2D eigenvalue weighted by atomic mass is 10.1. The first-order valence-corrected chi connectivity index (χ1v) is 8.23. The molecule has 0 saturated carbocycles. The zero-order valence-electron chi connectivity index (χ0n) is 11.8. The minimum absolute atomic E-state index is 0.575. The molecule has 1 heterocycles. The summed E-state index contributed by atoms with van der Waals surface area (Å²) >= 11 is 2.03. The largest absolute Gasteiger partial charge is 0.490 e. The van der Waals surface area contributed by atoms with Crippen molar-refractivity contribution in [3.8, 4) is 11.5 Å². The van der Waals surface area contributed by atoms with Gasteiger partial charge in [-0.05, 0) is 44.6 Å². The molecule has 0 amide bonds. The molecule has 4 heteroatoms. The van der Waals surface area contributed by atoms with Crippen molar-refractivity contribution in [2.24, 2.45) is 0 Å². The normalized spacial score (nSPS) is 18.9. The Morgan fingerprint density at radius 1 is 1.21 bits per heavy atom. The smallest absolute Gasteiger partial charge is 0.163 e. The predicted molar refractivity (Wildman–Crippen MR) is 82.7 cm³/mol. The van der Waals surface area contributed by atoms with Crippen molar-refractivity contribution in [1.82, 2.24) is 0 Å². The van der Waals surface area contributed by atoms with Crippen molar-refractivity contribution in [3.63, 3.8) is 0 Å². The van der Waals surface area contributed by atoms with E-state index in [1.165, 1.54) is 24.3 Å². The molecule has 19 heavy (non-hydrogen) atoms. The molecule has 0 aliphatic carbocycles. The van der Waals surface area contributed by atoms with Crippen LogP contribution in [0, 0.1) is 0 Å². The molecule has 2 rings (SSSR count). The Balaban J connectivity index is 2.05. The van der Waals surface area contributed by atoms with E-state index in [2.05, 4.69) is 11.4 Å². The molecule has 3 nitrogen and oxygen atoms in total. The molecular weight excluding hydrogens is 258 g/mol.